The van der Waals surface area contributed by atoms with E-state index in [0.29, 0.717) is 16.7 Å². The normalized spacial score (nSPS) is 11.6. The van der Waals surface area contributed by atoms with Gasteiger partial charge in [-0.1, -0.05) is 18.2 Å². The number of aromatic amines is 2. The third kappa shape index (κ3) is 3.90. The highest BCUT2D eigenvalue weighted by Gasteiger charge is 2.20. The second-order valence-corrected chi connectivity index (χ2v) is 9.40. The molecular formula is C24H19N5O4S. The van der Waals surface area contributed by atoms with Crippen molar-refractivity contribution in [2.45, 2.75) is 11.8 Å². The minimum Gasteiger partial charge on any atom is -0.321 e. The number of amides is 1. The number of rotatable bonds is 5. The summed E-state index contributed by atoms with van der Waals surface area (Å²) in [5, 5.41) is 3.64. The molecule has 9 nitrogen and oxygen atoms in total. The van der Waals surface area contributed by atoms with Crippen LogP contribution in [0.1, 0.15) is 15.9 Å². The van der Waals surface area contributed by atoms with Gasteiger partial charge in [-0.05, 0) is 61.0 Å². The molecule has 0 atom stereocenters. The lowest BCUT2D eigenvalue weighted by molar-refractivity contribution is 0.102. The van der Waals surface area contributed by atoms with E-state index in [-0.39, 0.29) is 16.1 Å². The molecule has 2 heterocycles. The second kappa shape index (κ2) is 8.16. The van der Waals surface area contributed by atoms with E-state index >= 15 is 0 Å². The molecule has 0 fully saturated rings. The lowest BCUT2D eigenvalue weighted by Crippen LogP contribution is -2.18. The van der Waals surface area contributed by atoms with E-state index in [1.165, 1.54) is 30.3 Å². The van der Waals surface area contributed by atoms with Gasteiger partial charge in [-0.15, -0.1) is 0 Å². The molecule has 5 rings (SSSR count). The molecule has 4 N–H and O–H groups in total. The molecule has 2 aromatic heterocycles. The molecule has 34 heavy (non-hydrogen) atoms. The minimum absolute atomic E-state index is 0.0546. The number of pyridine rings is 1. The SMILES string of the molecule is Cc1ccc(NC(=O)c2ccccc2NS(=O)(=O)c2ccc3[nH]c(=O)[nH]c3c2)c2cccnc12. The van der Waals surface area contributed by atoms with Gasteiger partial charge in [-0.25, -0.2) is 13.2 Å². The number of benzene rings is 3. The molecule has 1 amide bonds. The predicted molar refractivity (Wildman–Crippen MR) is 131 cm³/mol. The summed E-state index contributed by atoms with van der Waals surface area (Å²) in [4.78, 5) is 34.1. The van der Waals surface area contributed by atoms with Gasteiger partial charge in [0.1, 0.15) is 0 Å². The van der Waals surface area contributed by atoms with E-state index in [1.54, 1.807) is 30.5 Å². The van der Waals surface area contributed by atoms with Crippen molar-refractivity contribution >= 4 is 49.2 Å². The molecule has 0 bridgehead atoms. The Kier molecular flexibility index (Phi) is 5.14. The number of fused-ring (bicyclic) bond motifs is 2. The number of hydrogen-bond acceptors (Lipinski definition) is 5. The van der Waals surface area contributed by atoms with Crippen LogP contribution in [-0.2, 0) is 10.0 Å². The lowest BCUT2D eigenvalue weighted by atomic mass is 10.1. The van der Waals surface area contributed by atoms with Crippen LogP contribution in [0.3, 0.4) is 0 Å². The van der Waals surface area contributed by atoms with Crippen molar-refractivity contribution in [2.24, 2.45) is 0 Å². The third-order valence-electron chi connectivity index (χ3n) is 5.43. The number of imidazole rings is 1. The van der Waals surface area contributed by atoms with Crippen LogP contribution in [0.25, 0.3) is 21.9 Å². The first-order chi connectivity index (χ1) is 16.3. The number of carbonyl (C=O) groups is 1. The number of nitrogens with zero attached hydrogens (tertiary/aromatic N) is 1. The lowest BCUT2D eigenvalue weighted by Gasteiger charge is -2.14. The maximum atomic E-state index is 13.2. The fraction of sp³-hybridized carbons (Fsp3) is 0.0417. The Balaban J connectivity index is 1.47. The molecule has 0 saturated carbocycles. The van der Waals surface area contributed by atoms with Gasteiger partial charge in [0.05, 0.1) is 38.4 Å². The first-order valence-corrected chi connectivity index (χ1v) is 11.8. The Morgan fingerprint density at radius 3 is 2.56 bits per heavy atom. The van der Waals surface area contributed by atoms with E-state index in [0.717, 1.165) is 16.5 Å². The Morgan fingerprint density at radius 1 is 0.912 bits per heavy atom. The topological polar surface area (TPSA) is 137 Å². The summed E-state index contributed by atoms with van der Waals surface area (Å²) in [6.07, 6.45) is 1.69. The zero-order valence-electron chi connectivity index (χ0n) is 17.9. The number of hydrogen-bond donors (Lipinski definition) is 4. The fourth-order valence-electron chi connectivity index (χ4n) is 3.77. The van der Waals surface area contributed by atoms with Crippen LogP contribution < -0.4 is 15.7 Å². The van der Waals surface area contributed by atoms with Crippen molar-refractivity contribution in [3.8, 4) is 0 Å². The molecule has 0 aliphatic rings. The Hall–Kier alpha value is -4.44. The van der Waals surface area contributed by atoms with E-state index in [9.17, 15) is 18.0 Å². The standard InChI is InChI=1S/C24H19N5O4S/c1-14-8-10-18(16-6-4-12-25-22(14)16)26-23(30)17-5-2-3-7-19(17)29-34(32,33)15-9-11-20-21(13-15)28-24(31)27-20/h2-13,29H,1H3,(H,26,30)(H2,27,28,31). The van der Waals surface area contributed by atoms with E-state index in [1.807, 2.05) is 19.1 Å². The van der Waals surface area contributed by atoms with Crippen LogP contribution in [0, 0.1) is 6.92 Å². The largest absolute Gasteiger partial charge is 0.323 e. The van der Waals surface area contributed by atoms with E-state index in [4.69, 9.17) is 0 Å². The van der Waals surface area contributed by atoms with Crippen LogP contribution in [0.2, 0.25) is 0 Å². The van der Waals surface area contributed by atoms with Gasteiger partial charge in [-0.2, -0.15) is 0 Å². The monoisotopic (exact) mass is 473 g/mol. The molecule has 0 unspecified atom stereocenters. The summed E-state index contributed by atoms with van der Waals surface area (Å²) in [6.45, 7) is 1.94. The molecule has 0 spiro atoms. The molecule has 3 aromatic carbocycles. The quantitative estimate of drug-likeness (QED) is 0.308. The molecule has 0 aliphatic carbocycles. The summed E-state index contributed by atoms with van der Waals surface area (Å²) in [5.74, 6) is -0.474. The molecule has 0 saturated heterocycles. The van der Waals surface area contributed by atoms with Crippen LogP contribution in [0.15, 0.2) is 82.6 Å². The van der Waals surface area contributed by atoms with Crippen molar-refractivity contribution in [1.82, 2.24) is 15.0 Å². The number of sulfonamides is 1. The highest BCUT2D eigenvalue weighted by Crippen LogP contribution is 2.27. The average molecular weight is 474 g/mol. The van der Waals surface area contributed by atoms with Crippen molar-refractivity contribution in [1.29, 1.82) is 0 Å². The molecule has 5 aromatic rings. The van der Waals surface area contributed by atoms with Crippen LogP contribution in [0.4, 0.5) is 11.4 Å². The number of aromatic nitrogens is 3. The van der Waals surface area contributed by atoms with E-state index in [2.05, 4.69) is 25.0 Å². The number of H-pyrrole nitrogens is 2. The maximum Gasteiger partial charge on any atom is 0.323 e. The second-order valence-electron chi connectivity index (χ2n) is 7.72. The first kappa shape index (κ1) is 21.4. The summed E-state index contributed by atoms with van der Waals surface area (Å²) < 4.78 is 28.6. The fourth-order valence-corrected chi connectivity index (χ4v) is 4.87. The van der Waals surface area contributed by atoms with Crippen molar-refractivity contribution in [3.63, 3.8) is 0 Å². The molecule has 0 radical (unpaired) electrons. The average Bonchev–Trinajstić information content (AvgIpc) is 3.20. The van der Waals surface area contributed by atoms with Crippen molar-refractivity contribution < 1.29 is 13.2 Å². The van der Waals surface area contributed by atoms with Gasteiger partial charge in [0.2, 0.25) is 0 Å². The molecule has 170 valence electrons. The maximum absolute atomic E-state index is 13.2. The summed E-state index contributed by atoms with van der Waals surface area (Å²) in [5.41, 5.74) is 3.01. The van der Waals surface area contributed by atoms with Gasteiger partial charge in [0.15, 0.2) is 0 Å². The summed E-state index contributed by atoms with van der Waals surface area (Å²) >= 11 is 0. The number of nitrogens with one attached hydrogen (secondary N) is 4. The molecular weight excluding hydrogens is 454 g/mol. The summed E-state index contributed by atoms with van der Waals surface area (Å²) in [7, 11) is -4.04. The van der Waals surface area contributed by atoms with Gasteiger partial charge in [0.25, 0.3) is 15.9 Å². The zero-order chi connectivity index (χ0) is 23.9. The molecule has 10 heteroatoms. The number of anilines is 2. The van der Waals surface area contributed by atoms with Gasteiger partial charge >= 0.3 is 5.69 Å². The van der Waals surface area contributed by atoms with Crippen molar-refractivity contribution in [2.75, 3.05) is 10.0 Å². The Morgan fingerprint density at radius 2 is 1.71 bits per heavy atom. The Bertz CT molecular complexity index is 1740. The smallest absolute Gasteiger partial charge is 0.321 e. The number of para-hydroxylation sites is 1. The number of carbonyl (C=O) groups excluding carboxylic acids is 1. The third-order valence-corrected chi connectivity index (χ3v) is 6.80. The van der Waals surface area contributed by atoms with Gasteiger partial charge < -0.3 is 15.3 Å². The molecule has 0 aliphatic heterocycles. The van der Waals surface area contributed by atoms with Gasteiger partial charge in [0, 0.05) is 11.6 Å². The predicted octanol–water partition coefficient (Wildman–Crippen LogP) is 3.77. The number of aryl methyl sites for hydroxylation is 1. The first-order valence-electron chi connectivity index (χ1n) is 10.3. The van der Waals surface area contributed by atoms with Crippen molar-refractivity contribution in [3.05, 3.63) is 94.5 Å². The van der Waals surface area contributed by atoms with Crippen LogP contribution in [-0.4, -0.2) is 29.3 Å². The van der Waals surface area contributed by atoms with Crippen LogP contribution >= 0.6 is 0 Å². The Labute approximate surface area is 193 Å². The highest BCUT2D eigenvalue weighted by molar-refractivity contribution is 7.92. The van der Waals surface area contributed by atoms with E-state index < -0.39 is 21.6 Å². The minimum atomic E-state index is -4.04. The zero-order valence-corrected chi connectivity index (χ0v) is 18.7. The van der Waals surface area contributed by atoms with Crippen LogP contribution in [0.5, 0.6) is 0 Å². The van der Waals surface area contributed by atoms with Gasteiger partial charge in [-0.3, -0.25) is 14.5 Å². The summed E-state index contributed by atoms with van der Waals surface area (Å²) in [6, 6.07) is 17.9. The highest BCUT2D eigenvalue weighted by atomic mass is 32.2.